The standard InChI is InChI=1S/2C7H14O2/c2*1-5-4-6(2)9-7(3)8-5/h2*5-7H,4H2,1-3H3. The maximum Gasteiger partial charge on any atom is 0.155 e. The van der Waals surface area contributed by atoms with E-state index in [9.17, 15) is 0 Å². The summed E-state index contributed by atoms with van der Waals surface area (Å²) in [5, 5.41) is 0. The Bertz CT molecular complexity index is 160. The molecule has 2 rings (SSSR count). The summed E-state index contributed by atoms with van der Waals surface area (Å²) >= 11 is 0. The van der Waals surface area contributed by atoms with E-state index in [0.717, 1.165) is 12.8 Å². The molecule has 0 aromatic heterocycles. The second-order valence-corrected chi connectivity index (χ2v) is 5.39. The molecule has 2 aliphatic heterocycles. The molecule has 0 aromatic carbocycles. The van der Waals surface area contributed by atoms with Gasteiger partial charge in [0, 0.05) is 0 Å². The van der Waals surface area contributed by atoms with Crippen LogP contribution in [0.4, 0.5) is 0 Å². The Kier molecular flexibility index (Phi) is 6.57. The highest BCUT2D eigenvalue weighted by atomic mass is 16.7. The second-order valence-electron chi connectivity index (χ2n) is 5.39. The molecule has 0 N–H and O–H groups in total. The van der Waals surface area contributed by atoms with Gasteiger partial charge < -0.3 is 18.9 Å². The van der Waals surface area contributed by atoms with Crippen molar-refractivity contribution in [2.24, 2.45) is 0 Å². The van der Waals surface area contributed by atoms with Crippen molar-refractivity contribution in [1.29, 1.82) is 0 Å². The number of rotatable bonds is 0. The molecule has 4 heteroatoms. The summed E-state index contributed by atoms with van der Waals surface area (Å²) in [6.07, 6.45) is 3.47. The third-order valence-corrected chi connectivity index (χ3v) is 3.02. The van der Waals surface area contributed by atoms with Crippen LogP contribution in [-0.2, 0) is 18.9 Å². The predicted molar refractivity (Wildman–Crippen MR) is 70.3 cm³/mol. The van der Waals surface area contributed by atoms with Gasteiger partial charge in [-0.3, -0.25) is 0 Å². The highest BCUT2D eigenvalue weighted by Gasteiger charge is 2.21. The van der Waals surface area contributed by atoms with E-state index in [2.05, 4.69) is 27.7 Å². The van der Waals surface area contributed by atoms with E-state index in [-0.39, 0.29) is 12.6 Å². The molecule has 2 aliphatic rings. The molecule has 4 unspecified atom stereocenters. The fraction of sp³-hybridized carbons (Fsp3) is 1.00. The van der Waals surface area contributed by atoms with Crippen molar-refractivity contribution in [3.8, 4) is 0 Å². The minimum absolute atomic E-state index is 0.0104. The van der Waals surface area contributed by atoms with Gasteiger partial charge in [-0.1, -0.05) is 0 Å². The molecule has 0 spiro atoms. The van der Waals surface area contributed by atoms with Crippen molar-refractivity contribution in [3.63, 3.8) is 0 Å². The molecule has 2 heterocycles. The third kappa shape index (κ3) is 6.14. The Morgan fingerprint density at radius 3 is 0.889 bits per heavy atom. The van der Waals surface area contributed by atoms with Crippen molar-refractivity contribution in [3.05, 3.63) is 0 Å². The van der Waals surface area contributed by atoms with Crippen molar-refractivity contribution in [2.45, 2.75) is 91.4 Å². The molecule has 4 atom stereocenters. The van der Waals surface area contributed by atoms with Crippen molar-refractivity contribution in [1.82, 2.24) is 0 Å². The van der Waals surface area contributed by atoms with Crippen LogP contribution in [0.2, 0.25) is 0 Å². The first-order valence-electron chi connectivity index (χ1n) is 6.98. The van der Waals surface area contributed by atoms with Crippen LogP contribution < -0.4 is 0 Å². The van der Waals surface area contributed by atoms with E-state index in [1.54, 1.807) is 0 Å². The number of ether oxygens (including phenoxy) is 4. The van der Waals surface area contributed by atoms with Crippen LogP contribution in [0.15, 0.2) is 0 Å². The van der Waals surface area contributed by atoms with E-state index < -0.39 is 0 Å². The minimum atomic E-state index is -0.0104. The SMILES string of the molecule is CC1CC(C)OC(C)O1.CC1CC(C)OC(C)O1. The van der Waals surface area contributed by atoms with Crippen LogP contribution in [0.5, 0.6) is 0 Å². The van der Waals surface area contributed by atoms with Crippen LogP contribution in [0, 0.1) is 0 Å². The van der Waals surface area contributed by atoms with Gasteiger partial charge in [-0.05, 0) is 54.4 Å². The molecule has 18 heavy (non-hydrogen) atoms. The molecule has 0 radical (unpaired) electrons. The summed E-state index contributed by atoms with van der Waals surface area (Å²) in [6.45, 7) is 12.2. The van der Waals surface area contributed by atoms with Gasteiger partial charge in [0.2, 0.25) is 0 Å². The van der Waals surface area contributed by atoms with Crippen molar-refractivity contribution in [2.75, 3.05) is 0 Å². The molecule has 2 fully saturated rings. The van der Waals surface area contributed by atoms with Gasteiger partial charge in [0.1, 0.15) is 0 Å². The summed E-state index contributed by atoms with van der Waals surface area (Å²) in [5.74, 6) is 0. The Hall–Kier alpha value is -0.160. The molecule has 0 aromatic rings. The average Bonchev–Trinajstić information content (AvgIpc) is 2.12. The minimum Gasteiger partial charge on any atom is -0.350 e. The van der Waals surface area contributed by atoms with Crippen LogP contribution >= 0.6 is 0 Å². The molecule has 0 aliphatic carbocycles. The smallest absolute Gasteiger partial charge is 0.155 e. The van der Waals surface area contributed by atoms with Crippen LogP contribution in [0.25, 0.3) is 0 Å². The lowest BCUT2D eigenvalue weighted by Gasteiger charge is -2.30. The molecule has 0 saturated carbocycles. The highest BCUT2D eigenvalue weighted by Crippen LogP contribution is 2.17. The fourth-order valence-electron chi connectivity index (χ4n) is 2.53. The van der Waals surface area contributed by atoms with Crippen molar-refractivity contribution < 1.29 is 18.9 Å². The van der Waals surface area contributed by atoms with E-state index >= 15 is 0 Å². The molecule has 108 valence electrons. The van der Waals surface area contributed by atoms with E-state index in [1.807, 2.05) is 13.8 Å². The molecule has 2 saturated heterocycles. The molecule has 0 bridgehead atoms. The van der Waals surface area contributed by atoms with Gasteiger partial charge >= 0.3 is 0 Å². The quantitative estimate of drug-likeness (QED) is 0.670. The maximum atomic E-state index is 5.33. The Morgan fingerprint density at radius 1 is 0.500 bits per heavy atom. The second kappa shape index (κ2) is 7.43. The summed E-state index contributed by atoms with van der Waals surface area (Å²) in [4.78, 5) is 0. The lowest BCUT2D eigenvalue weighted by atomic mass is 10.2. The molecular weight excluding hydrogens is 232 g/mol. The van der Waals surface area contributed by atoms with Crippen LogP contribution in [-0.4, -0.2) is 37.0 Å². The van der Waals surface area contributed by atoms with Gasteiger partial charge in [0.05, 0.1) is 24.4 Å². The fourth-order valence-corrected chi connectivity index (χ4v) is 2.53. The topological polar surface area (TPSA) is 36.9 Å². The lowest BCUT2D eigenvalue weighted by Crippen LogP contribution is -2.33. The van der Waals surface area contributed by atoms with E-state index in [0.29, 0.717) is 24.4 Å². The Morgan fingerprint density at radius 2 is 0.722 bits per heavy atom. The average molecular weight is 260 g/mol. The third-order valence-electron chi connectivity index (χ3n) is 3.02. The van der Waals surface area contributed by atoms with Crippen LogP contribution in [0.3, 0.4) is 0 Å². The Balaban J connectivity index is 0.000000180. The summed E-state index contributed by atoms with van der Waals surface area (Å²) in [5.41, 5.74) is 0. The number of hydrogen-bond acceptors (Lipinski definition) is 4. The summed E-state index contributed by atoms with van der Waals surface area (Å²) < 4.78 is 21.3. The number of hydrogen-bond donors (Lipinski definition) is 0. The molecule has 0 amide bonds. The first kappa shape index (κ1) is 15.9. The lowest BCUT2D eigenvalue weighted by molar-refractivity contribution is -0.225. The monoisotopic (exact) mass is 260 g/mol. The first-order valence-corrected chi connectivity index (χ1v) is 6.98. The van der Waals surface area contributed by atoms with Gasteiger partial charge in [-0.15, -0.1) is 0 Å². The van der Waals surface area contributed by atoms with E-state index in [1.165, 1.54) is 0 Å². The summed E-state index contributed by atoms with van der Waals surface area (Å²) in [7, 11) is 0. The van der Waals surface area contributed by atoms with Gasteiger partial charge in [-0.25, -0.2) is 0 Å². The zero-order valence-corrected chi connectivity index (χ0v) is 12.5. The van der Waals surface area contributed by atoms with Gasteiger partial charge in [-0.2, -0.15) is 0 Å². The molecule has 4 nitrogen and oxygen atoms in total. The Labute approximate surface area is 111 Å². The predicted octanol–water partition coefficient (Wildman–Crippen LogP) is 3.09. The highest BCUT2D eigenvalue weighted by molar-refractivity contribution is 4.63. The van der Waals surface area contributed by atoms with E-state index in [4.69, 9.17) is 18.9 Å². The van der Waals surface area contributed by atoms with Crippen molar-refractivity contribution >= 4 is 0 Å². The van der Waals surface area contributed by atoms with Gasteiger partial charge in [0.25, 0.3) is 0 Å². The van der Waals surface area contributed by atoms with Gasteiger partial charge in [0.15, 0.2) is 12.6 Å². The first-order chi connectivity index (χ1) is 8.36. The summed E-state index contributed by atoms with van der Waals surface area (Å²) in [6, 6.07) is 0. The molecular formula is C14H28O4. The van der Waals surface area contributed by atoms with Crippen LogP contribution in [0.1, 0.15) is 54.4 Å². The maximum absolute atomic E-state index is 5.33. The largest absolute Gasteiger partial charge is 0.350 e. The zero-order chi connectivity index (χ0) is 13.7. The zero-order valence-electron chi connectivity index (χ0n) is 12.5. The normalized spacial score (nSPS) is 45.0.